The Balaban J connectivity index is 2.46. The number of hydrogen-bond acceptors (Lipinski definition) is 4. The lowest BCUT2D eigenvalue weighted by atomic mass is 10.3. The summed E-state index contributed by atoms with van der Waals surface area (Å²) >= 11 is 1.70. The van der Waals surface area contributed by atoms with Crippen LogP contribution in [0.15, 0.2) is 5.51 Å². The van der Waals surface area contributed by atoms with E-state index in [1.807, 2.05) is 12.4 Å². The van der Waals surface area contributed by atoms with Gasteiger partial charge < -0.3 is 5.11 Å². The molecule has 15 heavy (non-hydrogen) atoms. The van der Waals surface area contributed by atoms with Crippen molar-refractivity contribution in [3.8, 4) is 0 Å². The summed E-state index contributed by atoms with van der Waals surface area (Å²) in [6.45, 7) is 7.22. The average Bonchev–Trinajstić information content (AvgIpc) is 2.61. The van der Waals surface area contributed by atoms with Gasteiger partial charge in [-0.25, -0.2) is 4.98 Å². The van der Waals surface area contributed by atoms with Gasteiger partial charge >= 0.3 is 0 Å². The van der Waals surface area contributed by atoms with Crippen LogP contribution in [0.1, 0.15) is 30.3 Å². The molecule has 3 nitrogen and oxygen atoms in total. The van der Waals surface area contributed by atoms with Crippen molar-refractivity contribution in [2.24, 2.45) is 0 Å². The third-order valence-electron chi connectivity index (χ3n) is 2.46. The van der Waals surface area contributed by atoms with Crippen molar-refractivity contribution < 1.29 is 5.11 Å². The maximum Gasteiger partial charge on any atom is 0.0798 e. The van der Waals surface area contributed by atoms with Crippen molar-refractivity contribution in [2.75, 3.05) is 19.7 Å². The fraction of sp³-hybridized carbons (Fsp3) is 0.727. The van der Waals surface area contributed by atoms with E-state index >= 15 is 0 Å². The minimum absolute atomic E-state index is 0.238. The van der Waals surface area contributed by atoms with Crippen molar-refractivity contribution in [2.45, 2.75) is 33.2 Å². The van der Waals surface area contributed by atoms with E-state index in [0.29, 0.717) is 0 Å². The molecule has 86 valence electrons. The van der Waals surface area contributed by atoms with Gasteiger partial charge in [0.25, 0.3) is 0 Å². The Morgan fingerprint density at radius 2 is 2.27 bits per heavy atom. The zero-order valence-corrected chi connectivity index (χ0v) is 10.4. The summed E-state index contributed by atoms with van der Waals surface area (Å²) in [6, 6.07) is 0. The van der Waals surface area contributed by atoms with Crippen LogP contribution in [0.3, 0.4) is 0 Å². The molecule has 0 saturated heterocycles. The minimum Gasteiger partial charge on any atom is -0.395 e. The predicted octanol–water partition coefficient (Wildman–Crippen LogP) is 2.05. The van der Waals surface area contributed by atoms with Crippen LogP contribution < -0.4 is 0 Å². The zero-order valence-electron chi connectivity index (χ0n) is 9.57. The van der Waals surface area contributed by atoms with Crippen molar-refractivity contribution in [3.63, 3.8) is 0 Å². The third kappa shape index (κ3) is 4.28. The Hall–Kier alpha value is -0.450. The van der Waals surface area contributed by atoms with E-state index in [2.05, 4.69) is 16.8 Å². The van der Waals surface area contributed by atoms with E-state index in [-0.39, 0.29) is 6.61 Å². The maximum atomic E-state index is 8.98. The van der Waals surface area contributed by atoms with Gasteiger partial charge in [0.05, 0.1) is 17.8 Å². The van der Waals surface area contributed by atoms with Crippen LogP contribution in [-0.4, -0.2) is 34.7 Å². The van der Waals surface area contributed by atoms with Crippen molar-refractivity contribution in [3.05, 3.63) is 16.1 Å². The van der Waals surface area contributed by atoms with Gasteiger partial charge in [0.2, 0.25) is 0 Å². The molecule has 1 aromatic rings. The smallest absolute Gasteiger partial charge is 0.0798 e. The number of aromatic nitrogens is 1. The van der Waals surface area contributed by atoms with Crippen molar-refractivity contribution in [1.29, 1.82) is 0 Å². The van der Waals surface area contributed by atoms with Gasteiger partial charge in [0.1, 0.15) is 0 Å². The van der Waals surface area contributed by atoms with Crippen LogP contribution in [0.25, 0.3) is 0 Å². The fourth-order valence-electron chi connectivity index (χ4n) is 1.47. The monoisotopic (exact) mass is 228 g/mol. The SMILES string of the molecule is CCCCN(CCO)Cc1scnc1C. The van der Waals surface area contributed by atoms with E-state index < -0.39 is 0 Å². The number of aliphatic hydroxyl groups is 1. The summed E-state index contributed by atoms with van der Waals surface area (Å²) in [6.07, 6.45) is 2.39. The average molecular weight is 228 g/mol. The first kappa shape index (κ1) is 12.6. The molecule has 0 unspecified atom stereocenters. The number of aliphatic hydroxyl groups excluding tert-OH is 1. The summed E-state index contributed by atoms with van der Waals surface area (Å²) in [4.78, 5) is 7.85. The lowest BCUT2D eigenvalue weighted by Crippen LogP contribution is -2.27. The molecule has 0 bridgehead atoms. The third-order valence-corrected chi connectivity index (χ3v) is 3.38. The molecule has 1 rings (SSSR count). The Morgan fingerprint density at radius 1 is 1.47 bits per heavy atom. The van der Waals surface area contributed by atoms with Crippen LogP contribution in [-0.2, 0) is 6.54 Å². The highest BCUT2D eigenvalue weighted by Gasteiger charge is 2.08. The molecule has 0 aliphatic heterocycles. The first-order valence-corrected chi connectivity index (χ1v) is 6.38. The molecule has 1 aromatic heterocycles. The summed E-state index contributed by atoms with van der Waals surface area (Å²) in [5.41, 5.74) is 3.01. The molecule has 0 radical (unpaired) electrons. The molecular weight excluding hydrogens is 208 g/mol. The summed E-state index contributed by atoms with van der Waals surface area (Å²) in [5, 5.41) is 8.98. The lowest BCUT2D eigenvalue weighted by molar-refractivity contribution is 0.189. The van der Waals surface area contributed by atoms with E-state index in [9.17, 15) is 0 Å². The molecule has 1 heterocycles. The van der Waals surface area contributed by atoms with Gasteiger partial charge in [-0.15, -0.1) is 11.3 Å². The standard InChI is InChI=1S/C11H20N2OS/c1-3-4-5-13(6-7-14)8-11-10(2)12-9-15-11/h9,14H,3-8H2,1-2H3. The summed E-state index contributed by atoms with van der Waals surface area (Å²) < 4.78 is 0. The normalized spacial score (nSPS) is 11.2. The quantitative estimate of drug-likeness (QED) is 0.776. The highest BCUT2D eigenvalue weighted by atomic mass is 32.1. The van der Waals surface area contributed by atoms with Crippen molar-refractivity contribution in [1.82, 2.24) is 9.88 Å². The van der Waals surface area contributed by atoms with Crippen LogP contribution >= 0.6 is 11.3 Å². The molecule has 1 N–H and O–H groups in total. The highest BCUT2D eigenvalue weighted by Crippen LogP contribution is 2.15. The second-order valence-electron chi connectivity index (χ2n) is 3.71. The van der Waals surface area contributed by atoms with Gasteiger partial charge in [-0.1, -0.05) is 13.3 Å². The molecule has 0 aromatic carbocycles. The zero-order chi connectivity index (χ0) is 11.1. The Labute approximate surface area is 95.8 Å². The lowest BCUT2D eigenvalue weighted by Gasteiger charge is -2.20. The van der Waals surface area contributed by atoms with Gasteiger partial charge in [-0.2, -0.15) is 0 Å². The fourth-order valence-corrected chi connectivity index (χ4v) is 2.29. The second kappa shape index (κ2) is 6.93. The van der Waals surface area contributed by atoms with Crippen LogP contribution in [0.5, 0.6) is 0 Å². The van der Waals surface area contributed by atoms with E-state index in [1.165, 1.54) is 17.7 Å². The van der Waals surface area contributed by atoms with Gasteiger partial charge in [0, 0.05) is 18.0 Å². The highest BCUT2D eigenvalue weighted by molar-refractivity contribution is 7.09. The number of thiazole rings is 1. The van der Waals surface area contributed by atoms with E-state index in [0.717, 1.165) is 25.3 Å². The Morgan fingerprint density at radius 3 is 2.80 bits per heavy atom. The number of unbranched alkanes of at least 4 members (excludes halogenated alkanes) is 1. The molecule has 0 saturated carbocycles. The largest absolute Gasteiger partial charge is 0.395 e. The molecule has 0 aliphatic rings. The summed E-state index contributed by atoms with van der Waals surface area (Å²) in [7, 11) is 0. The van der Waals surface area contributed by atoms with E-state index in [1.54, 1.807) is 11.3 Å². The van der Waals surface area contributed by atoms with Crippen LogP contribution in [0.2, 0.25) is 0 Å². The maximum absolute atomic E-state index is 8.98. The molecule has 4 heteroatoms. The molecule has 0 fully saturated rings. The summed E-state index contributed by atoms with van der Waals surface area (Å²) in [5.74, 6) is 0. The first-order chi connectivity index (χ1) is 7.27. The molecule has 0 aliphatic carbocycles. The number of aryl methyl sites for hydroxylation is 1. The first-order valence-electron chi connectivity index (χ1n) is 5.50. The number of nitrogens with zero attached hydrogens (tertiary/aromatic N) is 2. The Bertz CT molecular complexity index is 275. The second-order valence-corrected chi connectivity index (χ2v) is 4.65. The van der Waals surface area contributed by atoms with E-state index in [4.69, 9.17) is 5.11 Å². The Kier molecular flexibility index (Phi) is 5.83. The van der Waals surface area contributed by atoms with Crippen LogP contribution in [0.4, 0.5) is 0 Å². The van der Waals surface area contributed by atoms with Gasteiger partial charge in [-0.3, -0.25) is 4.90 Å². The number of rotatable bonds is 7. The molecular formula is C11H20N2OS. The molecule has 0 atom stereocenters. The predicted molar refractivity (Wildman–Crippen MR) is 64.1 cm³/mol. The molecule has 0 spiro atoms. The molecule has 0 amide bonds. The van der Waals surface area contributed by atoms with Crippen LogP contribution in [0, 0.1) is 6.92 Å². The van der Waals surface area contributed by atoms with Gasteiger partial charge in [-0.05, 0) is 19.9 Å². The topological polar surface area (TPSA) is 36.4 Å². The van der Waals surface area contributed by atoms with Gasteiger partial charge in [0.15, 0.2) is 0 Å². The minimum atomic E-state index is 0.238. The number of hydrogen-bond donors (Lipinski definition) is 1. The van der Waals surface area contributed by atoms with Crippen molar-refractivity contribution >= 4 is 11.3 Å².